The molecule has 1 spiro atoms. The smallest absolute Gasteiger partial charge is 0.243 e. The Balaban J connectivity index is 1.16. The molecule has 42 heavy (non-hydrogen) atoms. The first kappa shape index (κ1) is 31.9. The molecule has 2 heterocycles. The van der Waals surface area contributed by atoms with E-state index >= 15 is 0 Å². The summed E-state index contributed by atoms with van der Waals surface area (Å²) in [6, 6.07) is 8.56. The van der Waals surface area contributed by atoms with E-state index in [0.717, 1.165) is 37.5 Å². The van der Waals surface area contributed by atoms with E-state index in [1.807, 2.05) is 49.1 Å². The lowest BCUT2D eigenvalue weighted by Gasteiger charge is -2.56. The third kappa shape index (κ3) is 9.01. The van der Waals surface area contributed by atoms with Crippen molar-refractivity contribution in [3.8, 4) is 0 Å². The Morgan fingerprint density at radius 2 is 1.55 bits per heavy atom. The Morgan fingerprint density at radius 3 is 2.19 bits per heavy atom. The molecule has 2 atom stereocenters. The molecule has 4 amide bonds. The molecule has 0 radical (unpaired) electrons. The summed E-state index contributed by atoms with van der Waals surface area (Å²) in [7, 11) is 0. The van der Waals surface area contributed by atoms with Crippen LogP contribution in [0.1, 0.15) is 70.8 Å². The summed E-state index contributed by atoms with van der Waals surface area (Å²) >= 11 is 0. The van der Waals surface area contributed by atoms with Crippen molar-refractivity contribution in [3.63, 3.8) is 0 Å². The van der Waals surface area contributed by atoms with E-state index in [2.05, 4.69) is 20.9 Å². The van der Waals surface area contributed by atoms with Gasteiger partial charge in [0.05, 0.1) is 19.1 Å². The van der Waals surface area contributed by atoms with Gasteiger partial charge in [-0.05, 0) is 81.4 Å². The van der Waals surface area contributed by atoms with Gasteiger partial charge in [0.1, 0.15) is 6.04 Å². The molecule has 4 rings (SSSR count). The third-order valence-electron chi connectivity index (χ3n) is 9.25. The van der Waals surface area contributed by atoms with Crippen molar-refractivity contribution in [2.75, 3.05) is 39.3 Å². The van der Waals surface area contributed by atoms with E-state index in [0.29, 0.717) is 18.3 Å². The van der Waals surface area contributed by atoms with Crippen molar-refractivity contribution in [3.05, 3.63) is 35.9 Å². The zero-order chi connectivity index (χ0) is 30.1. The van der Waals surface area contributed by atoms with Gasteiger partial charge in [-0.1, -0.05) is 50.6 Å². The number of nitrogens with one attached hydrogen (secondary N) is 3. The van der Waals surface area contributed by atoms with Crippen LogP contribution in [-0.4, -0.2) is 90.8 Å². The predicted molar refractivity (Wildman–Crippen MR) is 162 cm³/mol. The minimum atomic E-state index is -0.800. The summed E-state index contributed by atoms with van der Waals surface area (Å²) in [6.07, 6.45) is 9.33. The van der Waals surface area contributed by atoms with Gasteiger partial charge in [-0.3, -0.25) is 19.2 Å². The third-order valence-corrected chi connectivity index (χ3v) is 9.25. The number of nitrogens with zero attached hydrogens (tertiary/aromatic N) is 2. The van der Waals surface area contributed by atoms with Crippen LogP contribution in [-0.2, 0) is 25.6 Å². The molecule has 0 aromatic heterocycles. The van der Waals surface area contributed by atoms with Crippen molar-refractivity contribution >= 4 is 23.6 Å². The first-order valence-corrected chi connectivity index (χ1v) is 15.8. The fraction of sp³-hybridized carbons (Fsp3) is 0.688. The molecule has 10 heteroatoms. The number of carbonyl (C=O) groups excluding carboxylic acids is 4. The Labute approximate surface area is 250 Å². The Kier molecular flexibility index (Phi) is 11.4. The molecule has 10 nitrogen and oxygen atoms in total. The highest BCUT2D eigenvalue weighted by molar-refractivity contribution is 5.92. The van der Waals surface area contributed by atoms with E-state index < -0.39 is 29.8 Å². The first-order valence-electron chi connectivity index (χ1n) is 15.8. The van der Waals surface area contributed by atoms with Gasteiger partial charge in [0, 0.05) is 19.1 Å². The molecule has 1 aromatic carbocycles. The van der Waals surface area contributed by atoms with Crippen LogP contribution in [0.4, 0.5) is 0 Å². The van der Waals surface area contributed by atoms with Gasteiger partial charge in [-0.2, -0.15) is 0 Å². The molecule has 1 aliphatic carbocycles. The largest absolute Gasteiger partial charge is 0.346 e. The molecule has 2 aliphatic heterocycles. The number of piperidine rings is 2. The van der Waals surface area contributed by atoms with Crippen LogP contribution >= 0.6 is 0 Å². The van der Waals surface area contributed by atoms with E-state index in [1.54, 1.807) is 0 Å². The molecular formula is C32H50N6O4. The van der Waals surface area contributed by atoms with Gasteiger partial charge in [0.15, 0.2) is 0 Å². The van der Waals surface area contributed by atoms with Crippen molar-refractivity contribution in [1.82, 2.24) is 25.8 Å². The lowest BCUT2D eigenvalue weighted by molar-refractivity contribution is -0.137. The molecule has 3 aliphatic rings. The minimum absolute atomic E-state index is 0.0839. The summed E-state index contributed by atoms with van der Waals surface area (Å²) in [6.45, 7) is 7.50. The monoisotopic (exact) mass is 582 g/mol. The van der Waals surface area contributed by atoms with Crippen molar-refractivity contribution in [2.45, 2.75) is 89.8 Å². The molecule has 0 bridgehead atoms. The van der Waals surface area contributed by atoms with Crippen LogP contribution in [0.2, 0.25) is 0 Å². The molecule has 1 saturated carbocycles. The molecule has 1 aromatic rings. The van der Waals surface area contributed by atoms with Crippen LogP contribution in [0.25, 0.3) is 0 Å². The second-order valence-corrected chi connectivity index (χ2v) is 13.0. The second-order valence-electron chi connectivity index (χ2n) is 13.0. The van der Waals surface area contributed by atoms with Crippen LogP contribution in [0.15, 0.2) is 30.3 Å². The van der Waals surface area contributed by atoms with E-state index in [9.17, 15) is 19.2 Å². The highest BCUT2D eigenvalue weighted by Gasteiger charge is 2.48. The second kappa shape index (κ2) is 15.0. The Bertz CT molecular complexity index is 1060. The fourth-order valence-corrected chi connectivity index (χ4v) is 6.73. The standard InChI is InChI=1S/C32H50N6O4/c1-23(2)17-27(36-28(39)21-34-30(41)26(33)18-24-9-5-3-6-10-24)31(42)35-22-29(40)38-15-11-32(12-16-38)19-25(20-32)37-13-7-4-8-14-37/h3,5-6,9-10,23,25-27H,4,7-8,11-22,33H2,1-2H3,(H,34,41)(H,35,42)(H,36,39)/t26-,27-/m1/s1. The topological polar surface area (TPSA) is 137 Å². The SMILES string of the molecule is CC(C)C[C@@H](NC(=O)CNC(=O)[C@H](N)Cc1ccccc1)C(=O)NCC(=O)N1CCC2(CC1)CC(N1CCCCC1)C2. The van der Waals surface area contributed by atoms with Gasteiger partial charge >= 0.3 is 0 Å². The number of amides is 4. The zero-order valence-corrected chi connectivity index (χ0v) is 25.4. The number of carbonyl (C=O) groups is 4. The molecular weight excluding hydrogens is 532 g/mol. The normalized spacial score (nSPS) is 20.4. The maximum atomic E-state index is 13.0. The van der Waals surface area contributed by atoms with Gasteiger partial charge in [0.2, 0.25) is 23.6 Å². The summed E-state index contributed by atoms with van der Waals surface area (Å²) in [5.74, 6) is -1.25. The maximum absolute atomic E-state index is 13.0. The molecule has 232 valence electrons. The van der Waals surface area contributed by atoms with E-state index in [4.69, 9.17) is 5.73 Å². The summed E-state index contributed by atoms with van der Waals surface area (Å²) in [4.78, 5) is 55.4. The van der Waals surface area contributed by atoms with Crippen LogP contribution in [0.5, 0.6) is 0 Å². The van der Waals surface area contributed by atoms with Gasteiger partial charge in [0.25, 0.3) is 0 Å². The lowest BCUT2D eigenvalue weighted by Crippen LogP contribution is -2.57. The number of rotatable bonds is 12. The number of hydrogen-bond donors (Lipinski definition) is 4. The van der Waals surface area contributed by atoms with Crippen molar-refractivity contribution in [1.29, 1.82) is 0 Å². The summed E-state index contributed by atoms with van der Waals surface area (Å²) < 4.78 is 0. The minimum Gasteiger partial charge on any atom is -0.346 e. The van der Waals surface area contributed by atoms with Crippen LogP contribution in [0.3, 0.4) is 0 Å². The number of hydrogen-bond acceptors (Lipinski definition) is 6. The van der Waals surface area contributed by atoms with Gasteiger partial charge < -0.3 is 31.5 Å². The van der Waals surface area contributed by atoms with E-state index in [1.165, 1.54) is 45.2 Å². The molecule has 5 N–H and O–H groups in total. The van der Waals surface area contributed by atoms with Crippen molar-refractivity contribution in [2.24, 2.45) is 17.1 Å². The highest BCUT2D eigenvalue weighted by atomic mass is 16.2. The van der Waals surface area contributed by atoms with Crippen molar-refractivity contribution < 1.29 is 19.2 Å². The predicted octanol–water partition coefficient (Wildman–Crippen LogP) is 1.58. The lowest BCUT2D eigenvalue weighted by atomic mass is 9.60. The van der Waals surface area contributed by atoms with Gasteiger partial charge in [-0.15, -0.1) is 0 Å². The molecule has 2 saturated heterocycles. The number of nitrogens with two attached hydrogens (primary N) is 1. The number of benzene rings is 1. The van der Waals surface area contributed by atoms with E-state index in [-0.39, 0.29) is 24.9 Å². The quantitative estimate of drug-likeness (QED) is 0.295. The van der Waals surface area contributed by atoms with Gasteiger partial charge in [-0.25, -0.2) is 0 Å². The number of likely N-dealkylation sites (tertiary alicyclic amines) is 2. The summed E-state index contributed by atoms with van der Waals surface area (Å²) in [5.41, 5.74) is 7.31. The summed E-state index contributed by atoms with van der Waals surface area (Å²) in [5, 5.41) is 8.02. The first-order chi connectivity index (χ1) is 20.1. The maximum Gasteiger partial charge on any atom is 0.243 e. The van der Waals surface area contributed by atoms with Crippen LogP contribution < -0.4 is 21.7 Å². The Hall–Kier alpha value is -2.98. The fourth-order valence-electron chi connectivity index (χ4n) is 6.73. The zero-order valence-electron chi connectivity index (χ0n) is 25.4. The Morgan fingerprint density at radius 1 is 0.905 bits per heavy atom. The molecule has 0 unspecified atom stereocenters. The van der Waals surface area contributed by atoms with Crippen LogP contribution in [0, 0.1) is 11.3 Å². The average molecular weight is 583 g/mol. The average Bonchev–Trinajstić information content (AvgIpc) is 2.97. The highest BCUT2D eigenvalue weighted by Crippen LogP contribution is 2.51. The molecule has 3 fully saturated rings.